The van der Waals surface area contributed by atoms with Gasteiger partial charge in [-0.3, -0.25) is 19.6 Å². The van der Waals surface area contributed by atoms with E-state index >= 15 is 0 Å². The molecule has 0 saturated carbocycles. The van der Waals surface area contributed by atoms with Crippen LogP contribution in [0, 0.1) is 0 Å². The molecule has 3 amide bonds. The molecule has 0 aliphatic heterocycles. The number of unbranched alkanes of at least 4 members (excludes halogenated alkanes) is 2. The van der Waals surface area contributed by atoms with Crippen molar-refractivity contribution >= 4 is 17.7 Å². The first-order valence-corrected chi connectivity index (χ1v) is 9.19. The predicted octanol–water partition coefficient (Wildman–Crippen LogP) is 2.15. The van der Waals surface area contributed by atoms with Crippen molar-refractivity contribution in [1.29, 1.82) is 0 Å². The number of hydroxylamine groups is 1. The maximum absolute atomic E-state index is 12.6. The van der Waals surface area contributed by atoms with Gasteiger partial charge >= 0.3 is 0 Å². The quantitative estimate of drug-likeness (QED) is 0.267. The Hall–Kier alpha value is -3.13. The first-order valence-electron chi connectivity index (χ1n) is 9.19. The molecular formula is C20H25N3O5. The van der Waals surface area contributed by atoms with Gasteiger partial charge in [0.15, 0.2) is 5.76 Å². The average Bonchev–Trinajstić information content (AvgIpc) is 3.26. The Morgan fingerprint density at radius 2 is 1.79 bits per heavy atom. The molecular weight excluding hydrogens is 362 g/mol. The zero-order valence-electron chi connectivity index (χ0n) is 15.5. The van der Waals surface area contributed by atoms with Gasteiger partial charge in [-0.15, -0.1) is 0 Å². The molecule has 1 unspecified atom stereocenters. The van der Waals surface area contributed by atoms with E-state index in [0.717, 1.165) is 5.56 Å². The van der Waals surface area contributed by atoms with E-state index in [-0.39, 0.29) is 18.1 Å². The second-order valence-electron chi connectivity index (χ2n) is 6.34. The SMILES string of the molecule is O=C(CCCCCC(NC(=O)c1ccco1)C(=O)NCc1ccccc1)NO. The summed E-state index contributed by atoms with van der Waals surface area (Å²) in [6, 6.07) is 11.9. The summed E-state index contributed by atoms with van der Waals surface area (Å²) in [5.41, 5.74) is 2.55. The van der Waals surface area contributed by atoms with Gasteiger partial charge in [0.05, 0.1) is 6.26 Å². The van der Waals surface area contributed by atoms with Crippen LogP contribution in [0.15, 0.2) is 53.1 Å². The largest absolute Gasteiger partial charge is 0.459 e. The first kappa shape index (κ1) is 21.2. The van der Waals surface area contributed by atoms with Crippen LogP contribution in [0.25, 0.3) is 0 Å². The van der Waals surface area contributed by atoms with Gasteiger partial charge in [0, 0.05) is 13.0 Å². The summed E-state index contributed by atoms with van der Waals surface area (Å²) in [6.45, 7) is 0.365. The van der Waals surface area contributed by atoms with Crippen LogP contribution in [-0.4, -0.2) is 29.0 Å². The second kappa shape index (κ2) is 11.6. The van der Waals surface area contributed by atoms with Crippen molar-refractivity contribution in [2.45, 2.75) is 44.7 Å². The van der Waals surface area contributed by atoms with Gasteiger partial charge in [-0.2, -0.15) is 0 Å². The summed E-state index contributed by atoms with van der Waals surface area (Å²) in [6.07, 6.45) is 3.93. The Morgan fingerprint density at radius 3 is 2.46 bits per heavy atom. The molecule has 0 radical (unpaired) electrons. The summed E-state index contributed by atoms with van der Waals surface area (Å²) in [4.78, 5) is 35.9. The van der Waals surface area contributed by atoms with Gasteiger partial charge in [-0.1, -0.05) is 43.2 Å². The molecule has 1 aromatic carbocycles. The first-order chi connectivity index (χ1) is 13.6. The Morgan fingerprint density at radius 1 is 1.00 bits per heavy atom. The van der Waals surface area contributed by atoms with E-state index in [4.69, 9.17) is 9.62 Å². The van der Waals surface area contributed by atoms with Crippen molar-refractivity contribution in [3.05, 3.63) is 60.1 Å². The smallest absolute Gasteiger partial charge is 0.287 e. The van der Waals surface area contributed by atoms with Crippen molar-refractivity contribution in [3.63, 3.8) is 0 Å². The molecule has 0 aliphatic rings. The Bertz CT molecular complexity index is 746. The number of benzene rings is 1. The molecule has 150 valence electrons. The molecule has 4 N–H and O–H groups in total. The monoisotopic (exact) mass is 387 g/mol. The van der Waals surface area contributed by atoms with E-state index in [9.17, 15) is 14.4 Å². The number of carbonyl (C=O) groups excluding carboxylic acids is 3. The number of nitrogens with one attached hydrogen (secondary N) is 3. The van der Waals surface area contributed by atoms with Crippen LogP contribution >= 0.6 is 0 Å². The van der Waals surface area contributed by atoms with Crippen molar-refractivity contribution in [2.75, 3.05) is 0 Å². The second-order valence-corrected chi connectivity index (χ2v) is 6.34. The van der Waals surface area contributed by atoms with Crippen LogP contribution in [0.4, 0.5) is 0 Å². The van der Waals surface area contributed by atoms with Crippen LogP contribution in [-0.2, 0) is 16.1 Å². The van der Waals surface area contributed by atoms with Crippen molar-refractivity contribution in [3.8, 4) is 0 Å². The van der Waals surface area contributed by atoms with E-state index in [1.165, 1.54) is 12.3 Å². The fourth-order valence-electron chi connectivity index (χ4n) is 2.68. The van der Waals surface area contributed by atoms with Gasteiger partial charge in [0.1, 0.15) is 6.04 Å². The summed E-state index contributed by atoms with van der Waals surface area (Å²) in [5, 5.41) is 14.0. The number of furan rings is 1. The highest BCUT2D eigenvalue weighted by Gasteiger charge is 2.22. The molecule has 8 heteroatoms. The van der Waals surface area contributed by atoms with E-state index in [1.807, 2.05) is 30.3 Å². The van der Waals surface area contributed by atoms with Gasteiger partial charge in [0.2, 0.25) is 11.8 Å². The lowest BCUT2D eigenvalue weighted by Crippen LogP contribution is -2.46. The summed E-state index contributed by atoms with van der Waals surface area (Å²) < 4.78 is 5.08. The Labute approximate surface area is 163 Å². The molecule has 0 saturated heterocycles. The van der Waals surface area contributed by atoms with Crippen molar-refractivity contribution in [1.82, 2.24) is 16.1 Å². The lowest BCUT2D eigenvalue weighted by molar-refractivity contribution is -0.129. The fraction of sp³-hybridized carbons (Fsp3) is 0.350. The number of carbonyl (C=O) groups is 3. The number of amides is 3. The highest BCUT2D eigenvalue weighted by atomic mass is 16.5. The van der Waals surface area contributed by atoms with E-state index in [2.05, 4.69) is 10.6 Å². The van der Waals surface area contributed by atoms with Crippen LogP contribution < -0.4 is 16.1 Å². The van der Waals surface area contributed by atoms with Crippen LogP contribution in [0.1, 0.15) is 48.2 Å². The molecule has 28 heavy (non-hydrogen) atoms. The number of hydrogen-bond acceptors (Lipinski definition) is 5. The number of rotatable bonds is 11. The minimum absolute atomic E-state index is 0.139. The summed E-state index contributed by atoms with van der Waals surface area (Å²) >= 11 is 0. The molecule has 2 aromatic rings. The highest BCUT2D eigenvalue weighted by Crippen LogP contribution is 2.09. The maximum atomic E-state index is 12.6. The van der Waals surface area contributed by atoms with Gasteiger partial charge in [-0.05, 0) is 30.5 Å². The Balaban J connectivity index is 1.87. The normalized spacial score (nSPS) is 11.5. The molecule has 8 nitrogen and oxygen atoms in total. The third kappa shape index (κ3) is 7.24. The molecule has 0 bridgehead atoms. The van der Waals surface area contributed by atoms with Gasteiger partial charge in [0.25, 0.3) is 5.91 Å². The fourth-order valence-corrected chi connectivity index (χ4v) is 2.68. The molecule has 1 atom stereocenters. The zero-order chi connectivity index (χ0) is 20.2. The molecule has 1 heterocycles. The summed E-state index contributed by atoms with van der Waals surface area (Å²) in [5.74, 6) is -1.04. The Kier molecular flexibility index (Phi) is 8.74. The van der Waals surface area contributed by atoms with Crippen LogP contribution in [0.3, 0.4) is 0 Å². The minimum Gasteiger partial charge on any atom is -0.459 e. The molecule has 0 aliphatic carbocycles. The van der Waals surface area contributed by atoms with E-state index in [1.54, 1.807) is 11.5 Å². The van der Waals surface area contributed by atoms with Crippen molar-refractivity contribution in [2.24, 2.45) is 0 Å². The molecule has 0 spiro atoms. The zero-order valence-corrected chi connectivity index (χ0v) is 15.5. The van der Waals surface area contributed by atoms with Crippen LogP contribution in [0.5, 0.6) is 0 Å². The van der Waals surface area contributed by atoms with Crippen LogP contribution in [0.2, 0.25) is 0 Å². The minimum atomic E-state index is -0.715. The molecule has 1 aromatic heterocycles. The lowest BCUT2D eigenvalue weighted by atomic mass is 10.1. The lowest BCUT2D eigenvalue weighted by Gasteiger charge is -2.18. The van der Waals surface area contributed by atoms with E-state index in [0.29, 0.717) is 32.2 Å². The standard InChI is InChI=1S/C20H25N3O5/c24-18(23-27)12-6-2-5-10-16(22-20(26)17-11-7-13-28-17)19(25)21-14-15-8-3-1-4-9-15/h1,3-4,7-9,11,13,16,27H,2,5-6,10,12,14H2,(H,21,25)(H,22,26)(H,23,24). The third-order valence-electron chi connectivity index (χ3n) is 4.20. The molecule has 2 rings (SSSR count). The topological polar surface area (TPSA) is 121 Å². The summed E-state index contributed by atoms with van der Waals surface area (Å²) in [7, 11) is 0. The average molecular weight is 387 g/mol. The third-order valence-corrected chi connectivity index (χ3v) is 4.20. The van der Waals surface area contributed by atoms with E-state index < -0.39 is 17.9 Å². The predicted molar refractivity (Wildman–Crippen MR) is 101 cm³/mol. The van der Waals surface area contributed by atoms with Gasteiger partial charge in [-0.25, -0.2) is 5.48 Å². The van der Waals surface area contributed by atoms with Crippen molar-refractivity contribution < 1.29 is 24.0 Å². The number of hydrogen-bond donors (Lipinski definition) is 4. The van der Waals surface area contributed by atoms with Gasteiger partial charge < -0.3 is 15.1 Å². The molecule has 0 fully saturated rings. The highest BCUT2D eigenvalue weighted by molar-refractivity contribution is 5.95. The maximum Gasteiger partial charge on any atom is 0.287 e.